The van der Waals surface area contributed by atoms with E-state index in [2.05, 4.69) is 200 Å². The molecule has 4 aliphatic carbocycles. The van der Waals surface area contributed by atoms with Crippen LogP contribution in [0.25, 0.3) is 11.0 Å². The lowest BCUT2D eigenvalue weighted by Gasteiger charge is -2.47. The van der Waals surface area contributed by atoms with Crippen LogP contribution in [0.3, 0.4) is 0 Å². The van der Waals surface area contributed by atoms with Crippen molar-refractivity contribution in [3.05, 3.63) is 123 Å². The van der Waals surface area contributed by atoms with E-state index in [-0.39, 0.29) is 50.0 Å². The Morgan fingerprint density at radius 3 is 1.25 bits per heavy atom. The fourth-order valence-electron chi connectivity index (χ4n) is 14.7. The zero-order valence-electron chi connectivity index (χ0n) is 45.5. The molecule has 0 radical (unpaired) electrons. The molecule has 1 aromatic heterocycles. The van der Waals surface area contributed by atoms with Crippen LogP contribution < -0.4 is 26.4 Å². The van der Waals surface area contributed by atoms with Gasteiger partial charge in [-0.2, -0.15) is 0 Å². The summed E-state index contributed by atoms with van der Waals surface area (Å²) in [5.41, 5.74) is 26.2. The maximum absolute atomic E-state index is 7.74. The quantitative estimate of drug-likeness (QED) is 0.161. The molecule has 4 heteroatoms. The number of anilines is 6. The van der Waals surface area contributed by atoms with Gasteiger partial charge in [0.15, 0.2) is 0 Å². The second-order valence-electron chi connectivity index (χ2n) is 28.5. The second kappa shape index (κ2) is 13.8. The lowest BCUT2D eigenvalue weighted by Crippen LogP contribution is -2.61. The molecule has 6 aliphatic rings. The van der Waals surface area contributed by atoms with Crippen LogP contribution in [0, 0.1) is 6.92 Å². The molecule has 0 spiro atoms. The van der Waals surface area contributed by atoms with Crippen LogP contribution in [0.15, 0.2) is 77.2 Å². The summed E-state index contributed by atoms with van der Waals surface area (Å²) in [4.78, 5) is 5.36. The molecule has 0 atom stereocenters. The normalized spacial score (nSPS) is 22.9. The molecule has 0 N–H and O–H groups in total. The molecule has 5 aromatic carbocycles. The summed E-state index contributed by atoms with van der Waals surface area (Å²) in [7, 11) is 0. The highest BCUT2D eigenvalue weighted by atomic mass is 16.3. The number of hydrogen-bond donors (Lipinski definition) is 0. The molecule has 0 amide bonds. The molecule has 0 bridgehead atoms. The van der Waals surface area contributed by atoms with Gasteiger partial charge in [-0.1, -0.05) is 129 Å². The van der Waals surface area contributed by atoms with E-state index in [1.165, 1.54) is 152 Å². The Labute approximate surface area is 415 Å². The Bertz CT molecular complexity index is 3220. The summed E-state index contributed by atoms with van der Waals surface area (Å²) in [5.74, 6) is 0. The van der Waals surface area contributed by atoms with E-state index in [1.54, 1.807) is 0 Å². The fraction of sp³-hybridized carbons (Fsp3) is 0.508. The topological polar surface area (TPSA) is 19.6 Å². The van der Waals surface area contributed by atoms with Crippen LogP contribution in [-0.2, 0) is 43.3 Å². The van der Waals surface area contributed by atoms with Crippen molar-refractivity contribution in [3.63, 3.8) is 0 Å². The number of furan rings is 1. The zero-order valence-corrected chi connectivity index (χ0v) is 45.5. The van der Waals surface area contributed by atoms with E-state index in [9.17, 15) is 0 Å². The van der Waals surface area contributed by atoms with Crippen LogP contribution in [0.2, 0.25) is 0 Å². The van der Waals surface area contributed by atoms with Crippen LogP contribution >= 0.6 is 0 Å². The van der Waals surface area contributed by atoms with Crippen LogP contribution in [0.1, 0.15) is 212 Å². The van der Waals surface area contributed by atoms with E-state index in [1.807, 2.05) is 0 Å². The molecular weight excluding hydrogens is 836 g/mol. The maximum Gasteiger partial charge on any atom is 0.297 e. The molecule has 69 heavy (non-hydrogen) atoms. The minimum atomic E-state index is -0.0920. The van der Waals surface area contributed by atoms with Crippen LogP contribution in [0.4, 0.5) is 34.1 Å². The highest BCUT2D eigenvalue weighted by Gasteiger charge is 2.51. The molecule has 3 heterocycles. The van der Waals surface area contributed by atoms with Gasteiger partial charge in [0.1, 0.15) is 5.58 Å². The van der Waals surface area contributed by atoms with E-state index in [0.717, 1.165) is 11.2 Å². The lowest BCUT2D eigenvalue weighted by atomic mass is 9.35. The average molecular weight is 915 g/mol. The molecule has 0 fully saturated rings. The summed E-state index contributed by atoms with van der Waals surface area (Å²) in [6.45, 7) is 41.7. The first kappa shape index (κ1) is 45.4. The van der Waals surface area contributed by atoms with Crippen molar-refractivity contribution in [1.29, 1.82) is 0 Å². The van der Waals surface area contributed by atoms with E-state index in [4.69, 9.17) is 4.42 Å². The number of rotatable bonds is 2. The summed E-state index contributed by atoms with van der Waals surface area (Å²) < 4.78 is 7.74. The molecule has 358 valence electrons. The standard InChI is InChI=1S/C65H79BN2O/c1-38-30-52-55-53(31-38)68(40-19-21-43-45(33-40)61(8,9)25-23-59(43,4)5)56-41-34-46-49(65(16,17)29-26-62(46,10)11)37-54(41)69-57(56)66(55)50-35-47-48(64(14,15)28-27-63(47,12)13)36-51(50)67(52)39-18-20-42-44(32-39)60(6,7)24-22-58(42,2)3/h18-21,30-37H,22-29H2,1-17H3. The second-order valence-corrected chi connectivity index (χ2v) is 28.5. The minimum Gasteiger partial charge on any atom is -0.468 e. The van der Waals surface area contributed by atoms with Gasteiger partial charge in [-0.05, 0) is 217 Å². The third-order valence-electron chi connectivity index (χ3n) is 19.9. The van der Waals surface area contributed by atoms with Crippen molar-refractivity contribution >= 4 is 68.4 Å². The molecule has 3 nitrogen and oxygen atoms in total. The monoisotopic (exact) mass is 915 g/mol. The van der Waals surface area contributed by atoms with Crippen molar-refractivity contribution in [1.82, 2.24) is 0 Å². The summed E-state index contributed by atoms with van der Waals surface area (Å²) in [6, 6.07) is 30.5. The fourth-order valence-corrected chi connectivity index (χ4v) is 14.7. The highest BCUT2D eigenvalue weighted by Crippen LogP contribution is 2.56. The van der Waals surface area contributed by atoms with Crippen LogP contribution in [-0.4, -0.2) is 6.71 Å². The van der Waals surface area contributed by atoms with Crippen molar-refractivity contribution in [3.8, 4) is 0 Å². The third-order valence-corrected chi connectivity index (χ3v) is 19.9. The van der Waals surface area contributed by atoms with Gasteiger partial charge in [0.25, 0.3) is 6.71 Å². The number of benzene rings is 5. The minimum absolute atomic E-state index is 0.0415. The summed E-state index contributed by atoms with van der Waals surface area (Å²) >= 11 is 0. The van der Waals surface area contributed by atoms with Crippen molar-refractivity contribution in [2.45, 2.75) is 212 Å². The van der Waals surface area contributed by atoms with Gasteiger partial charge in [0, 0.05) is 33.8 Å². The summed E-state index contributed by atoms with van der Waals surface area (Å²) in [6.07, 6.45) is 9.43. The van der Waals surface area contributed by atoms with Crippen LogP contribution in [0.5, 0.6) is 0 Å². The predicted molar refractivity (Wildman–Crippen MR) is 296 cm³/mol. The Morgan fingerprint density at radius 2 is 0.768 bits per heavy atom. The van der Waals surface area contributed by atoms with E-state index in [0.29, 0.717) is 0 Å². The SMILES string of the molecule is Cc1cc2c3c(c1)N(c1ccc4c(c1)C(C)(C)CCC4(C)C)c1c(oc4cc5c(cc14)C(C)(C)CCC5(C)C)B3c1cc3c(cc1N2c1ccc2c(c1)C(C)(C)CCC2(C)C)C(C)(C)CCC3(C)C. The molecule has 0 saturated heterocycles. The lowest BCUT2D eigenvalue weighted by molar-refractivity contribution is 0.332. The maximum atomic E-state index is 7.74. The Balaban J connectivity index is 1.22. The van der Waals surface area contributed by atoms with E-state index >= 15 is 0 Å². The van der Waals surface area contributed by atoms with Gasteiger partial charge >= 0.3 is 0 Å². The van der Waals surface area contributed by atoms with Gasteiger partial charge in [-0.15, -0.1) is 0 Å². The van der Waals surface area contributed by atoms with Gasteiger partial charge in [0.2, 0.25) is 0 Å². The molecule has 0 saturated carbocycles. The van der Waals surface area contributed by atoms with E-state index < -0.39 is 0 Å². The summed E-state index contributed by atoms with van der Waals surface area (Å²) in [5, 5.41) is 1.24. The predicted octanol–water partition coefficient (Wildman–Crippen LogP) is 16.2. The largest absolute Gasteiger partial charge is 0.468 e. The number of fused-ring (bicyclic) bond motifs is 10. The molecule has 6 aromatic rings. The molecule has 2 aliphatic heterocycles. The molecule has 0 unspecified atom stereocenters. The van der Waals surface area contributed by atoms with Crippen molar-refractivity contribution < 1.29 is 4.42 Å². The number of hydrogen-bond acceptors (Lipinski definition) is 3. The first-order chi connectivity index (χ1) is 32.0. The highest BCUT2D eigenvalue weighted by molar-refractivity contribution is 7.00. The van der Waals surface area contributed by atoms with Gasteiger partial charge in [-0.25, -0.2) is 0 Å². The van der Waals surface area contributed by atoms with Crippen molar-refractivity contribution in [2.24, 2.45) is 0 Å². The molecule has 12 rings (SSSR count). The van der Waals surface area contributed by atoms with Gasteiger partial charge in [-0.3, -0.25) is 0 Å². The van der Waals surface area contributed by atoms with Gasteiger partial charge in [0.05, 0.1) is 11.3 Å². The number of aryl methyl sites for hydroxylation is 1. The number of nitrogens with zero attached hydrogens (tertiary/aromatic N) is 2. The Hall–Kier alpha value is -4.70. The van der Waals surface area contributed by atoms with Gasteiger partial charge < -0.3 is 14.2 Å². The Kier molecular flexibility index (Phi) is 9.11. The smallest absolute Gasteiger partial charge is 0.297 e. The zero-order chi connectivity index (χ0) is 49.1. The third kappa shape index (κ3) is 6.37. The average Bonchev–Trinajstić information content (AvgIpc) is 3.64. The first-order valence-corrected chi connectivity index (χ1v) is 26.9. The Morgan fingerprint density at radius 1 is 0.391 bits per heavy atom. The van der Waals surface area contributed by atoms with Crippen molar-refractivity contribution in [2.75, 3.05) is 9.80 Å². The first-order valence-electron chi connectivity index (χ1n) is 26.9. The molecular formula is C65H79BN2O.